The van der Waals surface area contributed by atoms with Crippen LogP contribution in [-0.4, -0.2) is 27.5 Å². The summed E-state index contributed by atoms with van der Waals surface area (Å²) >= 11 is 3.21. The summed E-state index contributed by atoms with van der Waals surface area (Å²) in [6, 6.07) is 14.6. The highest BCUT2D eigenvalue weighted by Gasteiger charge is 2.27. The van der Waals surface area contributed by atoms with Gasteiger partial charge in [0.2, 0.25) is 10.0 Å². The first-order valence-electron chi connectivity index (χ1n) is 6.82. The van der Waals surface area contributed by atoms with Crippen molar-refractivity contribution < 1.29 is 17.9 Å². The minimum absolute atomic E-state index is 0.0713. The molecule has 0 aliphatic heterocycles. The van der Waals surface area contributed by atoms with Gasteiger partial charge in [0.1, 0.15) is 6.04 Å². The van der Waals surface area contributed by atoms with Crippen molar-refractivity contribution in [2.75, 3.05) is 7.11 Å². The molecule has 0 fully saturated rings. The van der Waals surface area contributed by atoms with E-state index in [2.05, 4.69) is 20.7 Å². The first-order chi connectivity index (χ1) is 10.9. The number of sulfonamides is 1. The van der Waals surface area contributed by atoms with Gasteiger partial charge in [-0.1, -0.05) is 42.5 Å². The number of hydrogen-bond acceptors (Lipinski definition) is 4. The maximum atomic E-state index is 12.5. The van der Waals surface area contributed by atoms with E-state index in [1.807, 2.05) is 30.3 Å². The molecule has 7 heteroatoms. The molecule has 0 aromatic heterocycles. The molecule has 1 atom stereocenters. The van der Waals surface area contributed by atoms with E-state index in [-0.39, 0.29) is 11.3 Å². The van der Waals surface area contributed by atoms with E-state index in [1.54, 1.807) is 18.2 Å². The highest BCUT2D eigenvalue weighted by atomic mass is 79.9. The number of ether oxygens (including phenoxy) is 1. The second-order valence-electron chi connectivity index (χ2n) is 4.82. The molecule has 0 aliphatic carbocycles. The van der Waals surface area contributed by atoms with Crippen LogP contribution in [-0.2, 0) is 26.0 Å². The van der Waals surface area contributed by atoms with Crippen LogP contribution in [0.4, 0.5) is 0 Å². The van der Waals surface area contributed by atoms with Crippen LogP contribution in [0, 0.1) is 0 Å². The predicted molar refractivity (Wildman–Crippen MR) is 90.4 cm³/mol. The van der Waals surface area contributed by atoms with Crippen LogP contribution in [0.3, 0.4) is 0 Å². The molecule has 2 aromatic rings. The molecule has 0 unspecified atom stereocenters. The van der Waals surface area contributed by atoms with Gasteiger partial charge in [-0.15, -0.1) is 0 Å². The molecule has 0 bridgehead atoms. The lowest BCUT2D eigenvalue weighted by molar-refractivity contribution is -0.142. The first-order valence-corrected chi connectivity index (χ1v) is 9.10. The Kier molecular flexibility index (Phi) is 5.92. The lowest BCUT2D eigenvalue weighted by atomic mass is 10.1. The van der Waals surface area contributed by atoms with Gasteiger partial charge in [0, 0.05) is 4.47 Å². The SMILES string of the molecule is COC(=O)[C@H](Cc1ccccc1)NS(=O)(=O)c1ccccc1Br. The number of carbonyl (C=O) groups excluding carboxylic acids is 1. The van der Waals surface area contributed by atoms with E-state index in [9.17, 15) is 13.2 Å². The third-order valence-corrected chi connectivity index (χ3v) is 5.68. The minimum atomic E-state index is -3.86. The smallest absolute Gasteiger partial charge is 0.324 e. The third-order valence-electron chi connectivity index (χ3n) is 3.19. The Labute approximate surface area is 143 Å². The van der Waals surface area contributed by atoms with Gasteiger partial charge in [-0.05, 0) is 40.0 Å². The molecule has 5 nitrogen and oxygen atoms in total. The summed E-state index contributed by atoms with van der Waals surface area (Å²) in [5, 5.41) is 0. The van der Waals surface area contributed by atoms with E-state index in [0.29, 0.717) is 4.47 Å². The van der Waals surface area contributed by atoms with Crippen molar-refractivity contribution in [3.63, 3.8) is 0 Å². The number of carbonyl (C=O) groups is 1. The molecular weight excluding hydrogens is 382 g/mol. The van der Waals surface area contributed by atoms with E-state index in [1.165, 1.54) is 13.2 Å². The van der Waals surface area contributed by atoms with Crippen molar-refractivity contribution in [1.82, 2.24) is 4.72 Å². The normalized spacial score (nSPS) is 12.6. The Morgan fingerprint density at radius 2 is 1.74 bits per heavy atom. The molecule has 0 heterocycles. The summed E-state index contributed by atoms with van der Waals surface area (Å²) < 4.78 is 32.6. The van der Waals surface area contributed by atoms with Gasteiger partial charge in [0.25, 0.3) is 0 Å². The van der Waals surface area contributed by atoms with Crippen molar-refractivity contribution in [3.8, 4) is 0 Å². The van der Waals surface area contributed by atoms with Crippen molar-refractivity contribution >= 4 is 31.9 Å². The molecule has 23 heavy (non-hydrogen) atoms. The zero-order valence-electron chi connectivity index (χ0n) is 12.4. The van der Waals surface area contributed by atoms with Gasteiger partial charge >= 0.3 is 5.97 Å². The van der Waals surface area contributed by atoms with E-state index in [0.717, 1.165) is 5.56 Å². The Bertz CT molecular complexity index is 778. The average molecular weight is 398 g/mol. The first kappa shape index (κ1) is 17.7. The number of nitrogens with one attached hydrogen (secondary N) is 1. The Balaban J connectivity index is 2.27. The summed E-state index contributed by atoms with van der Waals surface area (Å²) in [6.45, 7) is 0. The third kappa shape index (κ3) is 4.63. The lowest BCUT2D eigenvalue weighted by Gasteiger charge is -2.17. The molecule has 2 rings (SSSR count). The summed E-state index contributed by atoms with van der Waals surface area (Å²) in [7, 11) is -2.63. The van der Waals surface area contributed by atoms with Crippen LogP contribution >= 0.6 is 15.9 Å². The van der Waals surface area contributed by atoms with Crippen LogP contribution in [0.1, 0.15) is 5.56 Å². The van der Waals surface area contributed by atoms with E-state index < -0.39 is 22.0 Å². The van der Waals surface area contributed by atoms with Gasteiger partial charge in [0.05, 0.1) is 12.0 Å². The fourth-order valence-corrected chi connectivity index (χ4v) is 4.27. The lowest BCUT2D eigenvalue weighted by Crippen LogP contribution is -2.43. The molecular formula is C16H16BrNO4S. The highest BCUT2D eigenvalue weighted by Crippen LogP contribution is 2.21. The predicted octanol–water partition coefficient (Wildman–Crippen LogP) is 2.51. The number of halogens is 1. The van der Waals surface area contributed by atoms with Crippen LogP contribution < -0.4 is 4.72 Å². The van der Waals surface area contributed by atoms with Gasteiger partial charge in [-0.2, -0.15) is 4.72 Å². The van der Waals surface area contributed by atoms with Gasteiger partial charge in [-0.3, -0.25) is 4.79 Å². The number of esters is 1. The average Bonchev–Trinajstić information content (AvgIpc) is 2.54. The summed E-state index contributed by atoms with van der Waals surface area (Å²) in [5.41, 5.74) is 0.831. The van der Waals surface area contributed by atoms with E-state index in [4.69, 9.17) is 4.74 Å². The number of rotatable bonds is 6. The monoisotopic (exact) mass is 397 g/mol. The van der Waals surface area contributed by atoms with Gasteiger partial charge in [-0.25, -0.2) is 8.42 Å². The summed E-state index contributed by atoms with van der Waals surface area (Å²) in [5.74, 6) is -0.635. The summed E-state index contributed by atoms with van der Waals surface area (Å²) in [6.07, 6.45) is 0.206. The molecule has 0 saturated heterocycles. The molecule has 2 aromatic carbocycles. The van der Waals surface area contributed by atoms with Crippen LogP contribution in [0.2, 0.25) is 0 Å². The van der Waals surface area contributed by atoms with Crippen LogP contribution in [0.5, 0.6) is 0 Å². The Morgan fingerprint density at radius 1 is 1.13 bits per heavy atom. The topological polar surface area (TPSA) is 72.5 Å². The fraction of sp³-hybridized carbons (Fsp3) is 0.188. The Morgan fingerprint density at radius 3 is 2.35 bits per heavy atom. The quantitative estimate of drug-likeness (QED) is 0.760. The van der Waals surface area contributed by atoms with Crippen LogP contribution in [0.15, 0.2) is 64.0 Å². The van der Waals surface area contributed by atoms with Crippen molar-refractivity contribution in [3.05, 3.63) is 64.6 Å². The molecule has 1 N–H and O–H groups in total. The number of hydrogen-bond donors (Lipinski definition) is 1. The molecule has 0 aliphatic rings. The van der Waals surface area contributed by atoms with Crippen molar-refractivity contribution in [2.24, 2.45) is 0 Å². The largest absolute Gasteiger partial charge is 0.468 e. The minimum Gasteiger partial charge on any atom is -0.468 e. The van der Waals surface area contributed by atoms with Crippen molar-refractivity contribution in [2.45, 2.75) is 17.4 Å². The second kappa shape index (κ2) is 7.72. The van der Waals surface area contributed by atoms with Crippen LogP contribution in [0.25, 0.3) is 0 Å². The second-order valence-corrected chi connectivity index (χ2v) is 7.35. The number of methoxy groups -OCH3 is 1. The van der Waals surface area contributed by atoms with E-state index >= 15 is 0 Å². The van der Waals surface area contributed by atoms with Crippen molar-refractivity contribution in [1.29, 1.82) is 0 Å². The molecule has 122 valence electrons. The maximum absolute atomic E-state index is 12.5. The fourth-order valence-electron chi connectivity index (χ4n) is 2.08. The zero-order valence-corrected chi connectivity index (χ0v) is 14.8. The molecule has 0 radical (unpaired) electrons. The maximum Gasteiger partial charge on any atom is 0.324 e. The standard InChI is InChI=1S/C16H16BrNO4S/c1-22-16(19)14(11-12-7-3-2-4-8-12)18-23(20,21)15-10-6-5-9-13(15)17/h2-10,14,18H,11H2,1H3/t14-/m0/s1. The highest BCUT2D eigenvalue weighted by molar-refractivity contribution is 9.10. The molecule has 0 spiro atoms. The molecule has 0 amide bonds. The number of benzene rings is 2. The zero-order chi connectivity index (χ0) is 16.9. The molecule has 0 saturated carbocycles. The van der Waals surface area contributed by atoms with Gasteiger partial charge < -0.3 is 4.74 Å². The Hall–Kier alpha value is -1.70. The summed E-state index contributed by atoms with van der Waals surface area (Å²) in [4.78, 5) is 12.0. The van der Waals surface area contributed by atoms with Gasteiger partial charge in [0.15, 0.2) is 0 Å².